The molecule has 0 fully saturated rings. The second kappa shape index (κ2) is 4.40. The number of nitrogens with one attached hydrogen (secondary N) is 2. The van der Waals surface area contributed by atoms with Gasteiger partial charge in [-0.15, -0.1) is 0 Å². The summed E-state index contributed by atoms with van der Waals surface area (Å²) in [4.78, 5) is 29.6. The van der Waals surface area contributed by atoms with Crippen molar-refractivity contribution >= 4 is 16.7 Å². The van der Waals surface area contributed by atoms with E-state index in [0.717, 1.165) is 13.0 Å². The first kappa shape index (κ1) is 11.4. The lowest BCUT2D eigenvalue weighted by atomic mass is 10.2. The maximum Gasteiger partial charge on any atom is 0.329 e. The van der Waals surface area contributed by atoms with Crippen molar-refractivity contribution in [1.29, 1.82) is 0 Å². The van der Waals surface area contributed by atoms with Gasteiger partial charge in [0.25, 0.3) is 5.56 Å². The summed E-state index contributed by atoms with van der Waals surface area (Å²) in [6.07, 6.45) is 2.53. The molecule has 0 saturated heterocycles. The van der Waals surface area contributed by atoms with E-state index in [1.807, 2.05) is 6.92 Å². The van der Waals surface area contributed by atoms with Gasteiger partial charge in [0, 0.05) is 19.8 Å². The van der Waals surface area contributed by atoms with Crippen LogP contribution in [0.1, 0.15) is 13.3 Å². The van der Waals surface area contributed by atoms with Crippen molar-refractivity contribution in [2.75, 3.05) is 11.9 Å². The SMILES string of the molecule is CCCNc1ccnc2c1c(=O)[nH]c(=O)n2C. The molecule has 6 nitrogen and oxygen atoms in total. The normalized spacial score (nSPS) is 10.7. The molecular formula is C11H14N4O2. The van der Waals surface area contributed by atoms with Crippen molar-refractivity contribution in [3.8, 4) is 0 Å². The average Bonchev–Trinajstić information content (AvgIpc) is 2.33. The summed E-state index contributed by atoms with van der Waals surface area (Å²) in [6, 6.07) is 1.73. The molecular weight excluding hydrogens is 220 g/mol. The first-order valence-corrected chi connectivity index (χ1v) is 5.47. The van der Waals surface area contributed by atoms with Crippen LogP contribution in [0.3, 0.4) is 0 Å². The number of nitrogens with zero attached hydrogens (tertiary/aromatic N) is 2. The molecule has 0 radical (unpaired) electrons. The topological polar surface area (TPSA) is 79.8 Å². The molecule has 2 aromatic rings. The van der Waals surface area contributed by atoms with Gasteiger partial charge in [0.2, 0.25) is 0 Å². The van der Waals surface area contributed by atoms with E-state index in [2.05, 4.69) is 15.3 Å². The molecule has 0 aromatic carbocycles. The zero-order valence-corrected chi connectivity index (χ0v) is 9.78. The highest BCUT2D eigenvalue weighted by molar-refractivity contribution is 5.87. The van der Waals surface area contributed by atoms with Crippen molar-refractivity contribution in [3.63, 3.8) is 0 Å². The van der Waals surface area contributed by atoms with Gasteiger partial charge in [0.05, 0.1) is 5.69 Å². The highest BCUT2D eigenvalue weighted by Crippen LogP contribution is 2.15. The number of hydrogen-bond acceptors (Lipinski definition) is 4. The predicted molar refractivity (Wildman–Crippen MR) is 66.4 cm³/mol. The molecule has 2 N–H and O–H groups in total. The molecule has 0 aliphatic rings. The number of aromatic amines is 1. The fourth-order valence-corrected chi connectivity index (χ4v) is 1.68. The Morgan fingerprint density at radius 1 is 1.47 bits per heavy atom. The zero-order valence-electron chi connectivity index (χ0n) is 9.78. The minimum Gasteiger partial charge on any atom is -0.384 e. The van der Waals surface area contributed by atoms with Gasteiger partial charge in [-0.2, -0.15) is 0 Å². The molecule has 0 unspecified atom stereocenters. The fraction of sp³-hybridized carbons (Fsp3) is 0.364. The highest BCUT2D eigenvalue weighted by Gasteiger charge is 2.09. The van der Waals surface area contributed by atoms with Crippen LogP contribution >= 0.6 is 0 Å². The molecule has 2 heterocycles. The van der Waals surface area contributed by atoms with Gasteiger partial charge in [0.15, 0.2) is 5.65 Å². The van der Waals surface area contributed by atoms with Crippen LogP contribution in [0.15, 0.2) is 21.9 Å². The lowest BCUT2D eigenvalue weighted by Gasteiger charge is -2.08. The van der Waals surface area contributed by atoms with Crippen LogP contribution < -0.4 is 16.6 Å². The molecule has 0 amide bonds. The summed E-state index contributed by atoms with van der Waals surface area (Å²) in [5.41, 5.74) is 0.228. The second-order valence-electron chi connectivity index (χ2n) is 3.80. The van der Waals surface area contributed by atoms with E-state index in [4.69, 9.17) is 0 Å². The van der Waals surface area contributed by atoms with E-state index < -0.39 is 11.2 Å². The van der Waals surface area contributed by atoms with E-state index in [9.17, 15) is 9.59 Å². The number of hydrogen-bond donors (Lipinski definition) is 2. The number of H-pyrrole nitrogens is 1. The Labute approximate surface area is 97.3 Å². The van der Waals surface area contributed by atoms with E-state index >= 15 is 0 Å². The Balaban J connectivity index is 2.76. The smallest absolute Gasteiger partial charge is 0.329 e. The Hall–Kier alpha value is -2.11. The molecule has 0 saturated carbocycles. The molecule has 0 atom stereocenters. The van der Waals surface area contributed by atoms with Gasteiger partial charge >= 0.3 is 5.69 Å². The predicted octanol–water partition coefficient (Wildman–Crippen LogP) is 0.444. The average molecular weight is 234 g/mol. The summed E-state index contributed by atoms with van der Waals surface area (Å²) in [7, 11) is 1.58. The van der Waals surface area contributed by atoms with Crippen LogP contribution in [0.25, 0.3) is 11.0 Å². The largest absolute Gasteiger partial charge is 0.384 e. The quantitative estimate of drug-likeness (QED) is 0.807. The van der Waals surface area contributed by atoms with Crippen molar-refractivity contribution in [2.45, 2.75) is 13.3 Å². The Morgan fingerprint density at radius 2 is 2.24 bits per heavy atom. The van der Waals surface area contributed by atoms with E-state index in [-0.39, 0.29) is 0 Å². The zero-order chi connectivity index (χ0) is 12.4. The van der Waals surface area contributed by atoms with Crippen LogP contribution in [0.4, 0.5) is 5.69 Å². The maximum atomic E-state index is 11.8. The van der Waals surface area contributed by atoms with Crippen LogP contribution in [0.2, 0.25) is 0 Å². The third-order valence-electron chi connectivity index (χ3n) is 2.57. The Morgan fingerprint density at radius 3 is 2.94 bits per heavy atom. The van der Waals surface area contributed by atoms with Crippen molar-refractivity contribution < 1.29 is 0 Å². The van der Waals surface area contributed by atoms with Crippen molar-refractivity contribution in [1.82, 2.24) is 14.5 Å². The molecule has 0 spiro atoms. The summed E-state index contributed by atoms with van der Waals surface area (Å²) in [6.45, 7) is 2.80. The van der Waals surface area contributed by atoms with Crippen LogP contribution in [0.5, 0.6) is 0 Å². The molecule has 6 heteroatoms. The van der Waals surface area contributed by atoms with Crippen molar-refractivity contribution in [3.05, 3.63) is 33.1 Å². The van der Waals surface area contributed by atoms with Crippen LogP contribution in [-0.2, 0) is 7.05 Å². The summed E-state index contributed by atoms with van der Waals surface area (Å²) in [5, 5.41) is 3.57. The van der Waals surface area contributed by atoms with Crippen molar-refractivity contribution in [2.24, 2.45) is 7.05 Å². The van der Waals surface area contributed by atoms with Gasteiger partial charge in [-0.1, -0.05) is 6.92 Å². The standard InChI is InChI=1S/C11H14N4O2/c1-3-5-12-7-4-6-13-9-8(7)10(16)14-11(17)15(9)2/h4,6H,3,5H2,1-2H3,(H,12,13)(H,14,16,17). The molecule has 2 rings (SSSR count). The lowest BCUT2D eigenvalue weighted by Crippen LogP contribution is -2.29. The summed E-state index contributed by atoms with van der Waals surface area (Å²) < 4.78 is 1.33. The maximum absolute atomic E-state index is 11.8. The molecule has 0 bridgehead atoms. The van der Waals surface area contributed by atoms with Gasteiger partial charge in [0.1, 0.15) is 5.39 Å². The number of pyridine rings is 1. The first-order valence-electron chi connectivity index (χ1n) is 5.47. The fourth-order valence-electron chi connectivity index (χ4n) is 1.68. The van der Waals surface area contributed by atoms with Gasteiger partial charge < -0.3 is 5.32 Å². The molecule has 0 aliphatic carbocycles. The van der Waals surface area contributed by atoms with E-state index in [1.54, 1.807) is 19.3 Å². The minimum atomic E-state index is -0.456. The Bertz CT molecular complexity index is 657. The summed E-state index contributed by atoms with van der Waals surface area (Å²) >= 11 is 0. The molecule has 2 aromatic heterocycles. The molecule has 17 heavy (non-hydrogen) atoms. The molecule has 90 valence electrons. The van der Waals surface area contributed by atoms with E-state index in [0.29, 0.717) is 16.7 Å². The summed E-state index contributed by atoms with van der Waals surface area (Å²) in [5.74, 6) is 0. The van der Waals surface area contributed by atoms with Crippen LogP contribution in [0, 0.1) is 0 Å². The van der Waals surface area contributed by atoms with Gasteiger partial charge in [-0.3, -0.25) is 14.3 Å². The number of fused-ring (bicyclic) bond motifs is 1. The minimum absolute atomic E-state index is 0.389. The Kier molecular flexibility index (Phi) is 2.95. The molecule has 0 aliphatic heterocycles. The highest BCUT2D eigenvalue weighted by atomic mass is 16.2. The number of anilines is 1. The monoisotopic (exact) mass is 234 g/mol. The van der Waals surface area contributed by atoms with Gasteiger partial charge in [-0.05, 0) is 12.5 Å². The van der Waals surface area contributed by atoms with Crippen LogP contribution in [-0.4, -0.2) is 21.1 Å². The van der Waals surface area contributed by atoms with Gasteiger partial charge in [-0.25, -0.2) is 9.78 Å². The number of aryl methyl sites for hydroxylation is 1. The second-order valence-corrected chi connectivity index (χ2v) is 3.80. The lowest BCUT2D eigenvalue weighted by molar-refractivity contribution is 0.828. The third-order valence-corrected chi connectivity index (χ3v) is 2.57. The number of rotatable bonds is 3. The third kappa shape index (κ3) is 1.93. The first-order chi connectivity index (χ1) is 8.15. The van der Waals surface area contributed by atoms with E-state index in [1.165, 1.54) is 4.57 Å². The number of aromatic nitrogens is 3.